The number of amidine groups is 1. The molecule has 0 spiro atoms. The van der Waals surface area contributed by atoms with Crippen molar-refractivity contribution in [3.63, 3.8) is 0 Å². The number of hydrogen-bond acceptors (Lipinski definition) is 4. The molecule has 2 unspecified atom stereocenters. The summed E-state index contributed by atoms with van der Waals surface area (Å²) in [5, 5.41) is 15.0. The van der Waals surface area contributed by atoms with Crippen LogP contribution in [0.3, 0.4) is 0 Å². The van der Waals surface area contributed by atoms with E-state index in [2.05, 4.69) is 10.5 Å². The van der Waals surface area contributed by atoms with Crippen LogP contribution in [0, 0.1) is 11.8 Å². The minimum Gasteiger partial charge on any atom is -0.409 e. The topological polar surface area (TPSA) is 87.7 Å². The normalized spacial score (nSPS) is 22.8. The smallest absolute Gasteiger partial charge is 0.231 e. The Morgan fingerprint density at radius 3 is 2.82 bits per heavy atom. The van der Waals surface area contributed by atoms with Gasteiger partial charge in [-0.05, 0) is 24.5 Å². The molecule has 1 aliphatic rings. The number of nitrogens with two attached hydrogens (primary N) is 1. The molecule has 0 bridgehead atoms. The van der Waals surface area contributed by atoms with Crippen molar-refractivity contribution in [3.05, 3.63) is 0 Å². The van der Waals surface area contributed by atoms with Crippen LogP contribution in [-0.4, -0.2) is 34.5 Å². The molecule has 0 saturated carbocycles. The van der Waals surface area contributed by atoms with Gasteiger partial charge >= 0.3 is 0 Å². The third-order valence-corrected chi connectivity index (χ3v) is 4.31. The lowest BCUT2D eigenvalue weighted by Gasteiger charge is -2.19. The van der Waals surface area contributed by atoms with E-state index >= 15 is 0 Å². The maximum absolute atomic E-state index is 11.9. The van der Waals surface area contributed by atoms with Gasteiger partial charge in [-0.25, -0.2) is 0 Å². The minimum absolute atomic E-state index is 0.0159. The van der Waals surface area contributed by atoms with Crippen LogP contribution in [0.5, 0.6) is 0 Å². The summed E-state index contributed by atoms with van der Waals surface area (Å²) >= 11 is 1.89. The molecule has 98 valence electrons. The second-order valence-corrected chi connectivity index (χ2v) is 6.03. The molecule has 0 aliphatic carbocycles. The molecule has 4 N–H and O–H groups in total. The fourth-order valence-corrected chi connectivity index (χ4v) is 3.17. The zero-order valence-corrected chi connectivity index (χ0v) is 11.2. The average molecular weight is 259 g/mol. The first-order valence-electron chi connectivity index (χ1n) is 5.93. The summed E-state index contributed by atoms with van der Waals surface area (Å²) in [6.07, 6.45) is 2.37. The highest BCUT2D eigenvalue weighted by molar-refractivity contribution is 8.00. The van der Waals surface area contributed by atoms with E-state index in [4.69, 9.17) is 10.9 Å². The van der Waals surface area contributed by atoms with Gasteiger partial charge in [0.2, 0.25) is 5.91 Å². The van der Waals surface area contributed by atoms with Crippen molar-refractivity contribution in [1.29, 1.82) is 0 Å². The molecule has 0 radical (unpaired) electrons. The highest BCUT2D eigenvalue weighted by Gasteiger charge is 2.27. The number of hydrogen-bond donors (Lipinski definition) is 3. The third kappa shape index (κ3) is 4.11. The summed E-state index contributed by atoms with van der Waals surface area (Å²) in [4.78, 5) is 11.9. The molecule has 1 heterocycles. The van der Waals surface area contributed by atoms with Gasteiger partial charge < -0.3 is 16.3 Å². The molecule has 1 amide bonds. The van der Waals surface area contributed by atoms with Crippen LogP contribution < -0.4 is 11.1 Å². The van der Waals surface area contributed by atoms with Crippen molar-refractivity contribution >= 4 is 23.5 Å². The second-order valence-electron chi connectivity index (χ2n) is 4.63. The summed E-state index contributed by atoms with van der Waals surface area (Å²) < 4.78 is 0. The standard InChI is InChI=1S/C11H21N3O2S/c1-7(2)9(10(12)14-16)11(15)13-6-8-4-3-5-17-8/h7-9,16H,3-6H2,1-2H3,(H2,12,14)(H,13,15). The number of thioether (sulfide) groups is 1. The zero-order chi connectivity index (χ0) is 12.8. The molecular formula is C11H21N3O2S. The largest absolute Gasteiger partial charge is 0.409 e. The highest BCUT2D eigenvalue weighted by Crippen LogP contribution is 2.25. The molecule has 1 rings (SSSR count). The van der Waals surface area contributed by atoms with Gasteiger partial charge in [0.1, 0.15) is 5.92 Å². The molecule has 5 nitrogen and oxygen atoms in total. The van der Waals surface area contributed by atoms with Gasteiger partial charge in [-0.15, -0.1) is 0 Å². The maximum atomic E-state index is 11.9. The monoisotopic (exact) mass is 259 g/mol. The van der Waals surface area contributed by atoms with Gasteiger partial charge in [-0.1, -0.05) is 19.0 Å². The number of nitrogens with zero attached hydrogens (tertiary/aromatic N) is 1. The highest BCUT2D eigenvalue weighted by atomic mass is 32.2. The Labute approximate surface area is 106 Å². The van der Waals surface area contributed by atoms with Crippen LogP contribution in [0.2, 0.25) is 0 Å². The summed E-state index contributed by atoms with van der Waals surface area (Å²) in [7, 11) is 0. The fraction of sp³-hybridized carbons (Fsp3) is 0.818. The lowest BCUT2D eigenvalue weighted by Crippen LogP contribution is -2.43. The van der Waals surface area contributed by atoms with E-state index in [0.29, 0.717) is 11.8 Å². The van der Waals surface area contributed by atoms with Crippen molar-refractivity contribution < 1.29 is 10.0 Å². The fourth-order valence-electron chi connectivity index (χ4n) is 1.97. The van der Waals surface area contributed by atoms with Gasteiger partial charge in [0.15, 0.2) is 5.84 Å². The molecule has 0 aromatic heterocycles. The molecule has 2 atom stereocenters. The SMILES string of the molecule is CC(C)C(C(=O)NCC1CCCS1)C(N)=NO. The zero-order valence-electron chi connectivity index (χ0n) is 10.3. The van der Waals surface area contributed by atoms with Crippen LogP contribution in [0.4, 0.5) is 0 Å². The van der Waals surface area contributed by atoms with E-state index in [9.17, 15) is 4.79 Å². The number of amides is 1. The van der Waals surface area contributed by atoms with Crippen molar-refractivity contribution in [2.75, 3.05) is 12.3 Å². The van der Waals surface area contributed by atoms with Gasteiger partial charge in [0.25, 0.3) is 0 Å². The molecule has 0 aromatic carbocycles. The van der Waals surface area contributed by atoms with Crippen LogP contribution in [0.15, 0.2) is 5.16 Å². The Bertz CT molecular complexity index is 288. The molecule has 0 aromatic rings. The molecular weight excluding hydrogens is 238 g/mol. The first-order chi connectivity index (χ1) is 8.06. The lowest BCUT2D eigenvalue weighted by atomic mass is 9.94. The number of nitrogens with one attached hydrogen (secondary N) is 1. The van der Waals surface area contributed by atoms with E-state index in [-0.39, 0.29) is 17.7 Å². The van der Waals surface area contributed by atoms with Crippen molar-refractivity contribution in [1.82, 2.24) is 5.32 Å². The van der Waals surface area contributed by atoms with Crippen LogP contribution in [-0.2, 0) is 4.79 Å². The summed E-state index contributed by atoms with van der Waals surface area (Å²) in [6.45, 7) is 4.44. The van der Waals surface area contributed by atoms with Crippen LogP contribution >= 0.6 is 11.8 Å². The predicted octanol–water partition coefficient (Wildman–Crippen LogP) is 1.02. The first kappa shape index (κ1) is 14.2. The summed E-state index contributed by atoms with van der Waals surface area (Å²) in [5.74, 6) is 0.474. The van der Waals surface area contributed by atoms with Crippen molar-refractivity contribution in [2.24, 2.45) is 22.7 Å². The predicted molar refractivity (Wildman–Crippen MR) is 70.2 cm³/mol. The third-order valence-electron chi connectivity index (χ3n) is 2.91. The second kappa shape index (κ2) is 6.74. The maximum Gasteiger partial charge on any atom is 0.231 e. The van der Waals surface area contributed by atoms with Gasteiger partial charge in [-0.2, -0.15) is 11.8 Å². The summed E-state index contributed by atoms with van der Waals surface area (Å²) in [5.41, 5.74) is 5.54. The van der Waals surface area contributed by atoms with Crippen molar-refractivity contribution in [2.45, 2.75) is 31.9 Å². The van der Waals surface area contributed by atoms with Crippen LogP contribution in [0.25, 0.3) is 0 Å². The van der Waals surface area contributed by atoms with E-state index in [1.807, 2.05) is 25.6 Å². The Kier molecular flexibility index (Phi) is 5.61. The van der Waals surface area contributed by atoms with E-state index in [1.165, 1.54) is 12.2 Å². The number of rotatable bonds is 5. The molecule has 17 heavy (non-hydrogen) atoms. The lowest BCUT2D eigenvalue weighted by molar-refractivity contribution is -0.124. The van der Waals surface area contributed by atoms with E-state index < -0.39 is 5.92 Å². The Hall–Kier alpha value is -0.910. The van der Waals surface area contributed by atoms with Gasteiger partial charge in [-0.3, -0.25) is 4.79 Å². The molecule has 6 heteroatoms. The molecule has 1 aliphatic heterocycles. The van der Waals surface area contributed by atoms with Crippen molar-refractivity contribution in [3.8, 4) is 0 Å². The Balaban J connectivity index is 2.47. The van der Waals surface area contributed by atoms with E-state index in [1.54, 1.807) is 0 Å². The minimum atomic E-state index is -0.550. The molecule has 1 saturated heterocycles. The number of carbonyl (C=O) groups is 1. The quantitative estimate of drug-likeness (QED) is 0.298. The number of carbonyl (C=O) groups excluding carboxylic acids is 1. The average Bonchev–Trinajstić information content (AvgIpc) is 2.78. The van der Waals surface area contributed by atoms with E-state index in [0.717, 1.165) is 6.42 Å². The Morgan fingerprint density at radius 1 is 1.65 bits per heavy atom. The number of oxime groups is 1. The molecule has 1 fully saturated rings. The summed E-state index contributed by atoms with van der Waals surface area (Å²) in [6, 6.07) is 0. The van der Waals surface area contributed by atoms with Gasteiger partial charge in [0, 0.05) is 11.8 Å². The van der Waals surface area contributed by atoms with Gasteiger partial charge in [0.05, 0.1) is 0 Å². The first-order valence-corrected chi connectivity index (χ1v) is 6.97. The van der Waals surface area contributed by atoms with Crippen LogP contribution in [0.1, 0.15) is 26.7 Å². The Morgan fingerprint density at radius 2 is 2.35 bits per heavy atom.